The average molecular weight is 439 g/mol. The predicted octanol–water partition coefficient (Wildman–Crippen LogP) is 2.95. The van der Waals surface area contributed by atoms with Crippen molar-refractivity contribution < 1.29 is 27.9 Å². The van der Waals surface area contributed by atoms with Gasteiger partial charge < -0.3 is 14.7 Å². The van der Waals surface area contributed by atoms with Crippen molar-refractivity contribution in [1.82, 2.24) is 4.90 Å². The maximum atomic E-state index is 13.0. The molecule has 0 unspecified atom stereocenters. The van der Waals surface area contributed by atoms with E-state index < -0.39 is 21.9 Å². The van der Waals surface area contributed by atoms with Crippen molar-refractivity contribution in [2.24, 2.45) is 0 Å². The number of carboxylic acids is 1. The summed E-state index contributed by atoms with van der Waals surface area (Å²) in [7, 11) is 0.182. The van der Waals surface area contributed by atoms with Crippen LogP contribution in [0.15, 0.2) is 47.4 Å². The molecule has 0 saturated heterocycles. The van der Waals surface area contributed by atoms with Crippen LogP contribution < -0.4 is 9.46 Å². The van der Waals surface area contributed by atoms with Crippen LogP contribution in [0.4, 0.5) is 5.69 Å². The third-order valence-electron chi connectivity index (χ3n) is 3.76. The number of carbonyl (C=O) groups is 2. The number of hydrogen-bond donors (Lipinski definition) is 2. The van der Waals surface area contributed by atoms with E-state index in [2.05, 4.69) is 4.72 Å². The van der Waals surface area contributed by atoms with Gasteiger partial charge in [-0.15, -0.1) is 0 Å². The molecule has 0 radical (unpaired) electrons. The number of hydrogen-bond acceptors (Lipinski definition) is 5. The van der Waals surface area contributed by atoms with Crippen LogP contribution in [-0.4, -0.2) is 51.5 Å². The molecule has 0 fully saturated rings. The third-order valence-corrected chi connectivity index (χ3v) is 5.38. The van der Waals surface area contributed by atoms with E-state index in [9.17, 15) is 18.0 Å². The first-order chi connectivity index (χ1) is 13.5. The molecule has 0 aliphatic heterocycles. The highest BCUT2D eigenvalue weighted by Gasteiger charge is 2.23. The molecule has 2 N–H and O–H groups in total. The second-order valence-electron chi connectivity index (χ2n) is 6.08. The highest BCUT2D eigenvalue weighted by Crippen LogP contribution is 2.30. The van der Waals surface area contributed by atoms with Crippen LogP contribution in [0, 0.1) is 0 Å². The van der Waals surface area contributed by atoms with Crippen LogP contribution in [-0.2, 0) is 14.8 Å². The number of nitrogens with zero attached hydrogens (tertiary/aromatic N) is 1. The van der Waals surface area contributed by atoms with E-state index >= 15 is 0 Å². The molecule has 2 aromatic carbocycles. The molecule has 0 aliphatic carbocycles. The Labute approximate surface area is 173 Å². The molecule has 10 heteroatoms. The Hall–Kier alpha value is -3.04. The van der Waals surface area contributed by atoms with Gasteiger partial charge in [0.1, 0.15) is 10.6 Å². The lowest BCUT2D eigenvalue weighted by Gasteiger charge is -2.17. The summed E-state index contributed by atoms with van der Waals surface area (Å²) in [6.07, 6.45) is 2.14. The van der Waals surface area contributed by atoms with Crippen LogP contribution >= 0.6 is 11.6 Å². The summed E-state index contributed by atoms with van der Waals surface area (Å²) in [4.78, 5) is 24.2. The number of methoxy groups -OCH3 is 1. The van der Waals surface area contributed by atoms with Crippen molar-refractivity contribution >= 4 is 45.3 Å². The maximum Gasteiger partial charge on any atom is 0.328 e. The minimum atomic E-state index is -4.20. The van der Waals surface area contributed by atoms with Gasteiger partial charge in [-0.3, -0.25) is 9.52 Å². The van der Waals surface area contributed by atoms with Gasteiger partial charge in [-0.05, 0) is 42.0 Å². The average Bonchev–Trinajstić information content (AvgIpc) is 2.65. The molecule has 0 aromatic heterocycles. The van der Waals surface area contributed by atoms with Crippen LogP contribution in [0.5, 0.6) is 5.75 Å². The van der Waals surface area contributed by atoms with Gasteiger partial charge in [0.2, 0.25) is 0 Å². The Morgan fingerprint density at radius 1 is 1.17 bits per heavy atom. The minimum Gasteiger partial charge on any atom is -0.495 e. The van der Waals surface area contributed by atoms with Gasteiger partial charge in [0.15, 0.2) is 0 Å². The summed E-state index contributed by atoms with van der Waals surface area (Å²) in [6.45, 7) is 0. The fourth-order valence-electron chi connectivity index (χ4n) is 2.40. The maximum absolute atomic E-state index is 13.0. The fraction of sp³-hybridized carbons (Fsp3) is 0.158. The number of ether oxygens (including phenoxy) is 1. The Morgan fingerprint density at radius 3 is 2.45 bits per heavy atom. The van der Waals surface area contributed by atoms with E-state index in [1.165, 1.54) is 68.6 Å². The number of carbonyl (C=O) groups excluding carboxylic acids is 1. The Balaban J connectivity index is 2.54. The molecule has 0 bridgehead atoms. The molecule has 2 rings (SSSR count). The molecule has 0 heterocycles. The van der Waals surface area contributed by atoms with E-state index in [-0.39, 0.29) is 26.9 Å². The molecular weight excluding hydrogens is 420 g/mol. The zero-order chi connectivity index (χ0) is 21.8. The van der Waals surface area contributed by atoms with Gasteiger partial charge in [-0.25, -0.2) is 13.2 Å². The summed E-state index contributed by atoms with van der Waals surface area (Å²) in [6, 6.07) is 8.41. The number of rotatable bonds is 7. The second-order valence-corrected chi connectivity index (χ2v) is 8.16. The first-order valence-corrected chi connectivity index (χ1v) is 10.0. The molecule has 0 atom stereocenters. The standard InChI is InChI=1S/C19H19ClN2O6S/c1-22(2)19(25)14-7-6-13(20)11-15(14)21-29(26,27)17-10-12(5-9-18(23)24)4-8-16(17)28-3/h4-11,21H,1-3H3,(H,23,24)/b9-5+. The van der Waals surface area contributed by atoms with E-state index in [0.717, 1.165) is 6.08 Å². The van der Waals surface area contributed by atoms with Crippen LogP contribution in [0.1, 0.15) is 15.9 Å². The normalized spacial score (nSPS) is 11.3. The molecule has 0 spiro atoms. The lowest BCUT2D eigenvalue weighted by Crippen LogP contribution is -2.24. The molecular formula is C19H19ClN2O6S. The number of aliphatic carboxylic acids is 1. The smallest absolute Gasteiger partial charge is 0.328 e. The number of halogens is 1. The Bertz CT molecular complexity index is 1080. The Kier molecular flexibility index (Phi) is 6.89. The van der Waals surface area contributed by atoms with E-state index in [1.807, 2.05) is 0 Å². The summed E-state index contributed by atoms with van der Waals surface area (Å²) < 4.78 is 33.6. The van der Waals surface area contributed by atoms with Gasteiger partial charge >= 0.3 is 5.97 Å². The number of nitrogens with one attached hydrogen (secondary N) is 1. The highest BCUT2D eigenvalue weighted by atomic mass is 35.5. The quantitative estimate of drug-likeness (QED) is 0.642. The van der Waals surface area contributed by atoms with Gasteiger partial charge in [0, 0.05) is 25.2 Å². The van der Waals surface area contributed by atoms with Crippen LogP contribution in [0.25, 0.3) is 6.08 Å². The predicted molar refractivity (Wildman–Crippen MR) is 110 cm³/mol. The molecule has 8 nitrogen and oxygen atoms in total. The van der Waals surface area contributed by atoms with Crippen molar-refractivity contribution in [3.8, 4) is 5.75 Å². The number of carboxylic acid groups (broad SMARTS) is 1. The van der Waals surface area contributed by atoms with E-state index in [4.69, 9.17) is 21.4 Å². The lowest BCUT2D eigenvalue weighted by atomic mass is 10.1. The zero-order valence-electron chi connectivity index (χ0n) is 15.8. The van der Waals surface area contributed by atoms with Crippen LogP contribution in [0.3, 0.4) is 0 Å². The molecule has 0 aliphatic rings. The Morgan fingerprint density at radius 2 is 1.86 bits per heavy atom. The molecule has 154 valence electrons. The van der Waals surface area contributed by atoms with Crippen LogP contribution in [0.2, 0.25) is 5.02 Å². The molecule has 0 saturated carbocycles. The molecule has 29 heavy (non-hydrogen) atoms. The van der Waals surface area contributed by atoms with Crippen molar-refractivity contribution in [2.45, 2.75) is 4.90 Å². The monoisotopic (exact) mass is 438 g/mol. The zero-order valence-corrected chi connectivity index (χ0v) is 17.4. The molecule has 1 amide bonds. The number of benzene rings is 2. The van der Waals surface area contributed by atoms with Crippen molar-refractivity contribution in [3.05, 3.63) is 58.6 Å². The number of anilines is 1. The number of sulfonamides is 1. The largest absolute Gasteiger partial charge is 0.495 e. The van der Waals surface area contributed by atoms with Gasteiger partial charge in [0.25, 0.3) is 15.9 Å². The highest BCUT2D eigenvalue weighted by molar-refractivity contribution is 7.92. The number of amides is 1. The summed E-state index contributed by atoms with van der Waals surface area (Å²) in [5, 5.41) is 9.00. The summed E-state index contributed by atoms with van der Waals surface area (Å²) in [5.74, 6) is -1.54. The lowest BCUT2D eigenvalue weighted by molar-refractivity contribution is -0.131. The fourth-order valence-corrected chi connectivity index (χ4v) is 3.85. The molecule has 2 aromatic rings. The van der Waals surface area contributed by atoms with Gasteiger partial charge in [-0.2, -0.15) is 0 Å². The van der Waals surface area contributed by atoms with Crippen molar-refractivity contribution in [3.63, 3.8) is 0 Å². The first kappa shape index (κ1) is 22.3. The van der Waals surface area contributed by atoms with Crippen molar-refractivity contribution in [1.29, 1.82) is 0 Å². The van der Waals surface area contributed by atoms with Gasteiger partial charge in [-0.1, -0.05) is 17.7 Å². The first-order valence-electron chi connectivity index (χ1n) is 8.18. The van der Waals surface area contributed by atoms with Gasteiger partial charge in [0.05, 0.1) is 18.4 Å². The topological polar surface area (TPSA) is 113 Å². The second kappa shape index (κ2) is 8.97. The van der Waals surface area contributed by atoms with E-state index in [1.54, 1.807) is 0 Å². The third kappa shape index (κ3) is 5.49. The summed E-state index contributed by atoms with van der Waals surface area (Å²) in [5.41, 5.74) is 0.456. The van der Waals surface area contributed by atoms with Crippen molar-refractivity contribution in [2.75, 3.05) is 25.9 Å². The minimum absolute atomic E-state index is 0.00438. The summed E-state index contributed by atoms with van der Waals surface area (Å²) >= 11 is 5.98. The van der Waals surface area contributed by atoms with E-state index in [0.29, 0.717) is 5.56 Å². The SMILES string of the molecule is COc1ccc(/C=C/C(=O)O)cc1S(=O)(=O)Nc1cc(Cl)ccc1C(=O)N(C)C.